The third kappa shape index (κ3) is 8.55. The fourth-order valence-electron chi connectivity index (χ4n) is 0.523. The molecule has 0 aromatic rings. The van der Waals surface area contributed by atoms with Gasteiger partial charge in [0, 0.05) is 6.08 Å². The second-order valence-corrected chi connectivity index (χ2v) is 2.14. The van der Waals surface area contributed by atoms with Gasteiger partial charge in [-0.3, -0.25) is 4.79 Å². The van der Waals surface area contributed by atoms with Crippen molar-refractivity contribution in [3.8, 4) is 0 Å². The highest BCUT2D eigenvalue weighted by Crippen LogP contribution is 1.84. The number of aliphatic carboxylic acids is 1. The Balaban J connectivity index is 3.30. The Kier molecular flexibility index (Phi) is 6.53. The summed E-state index contributed by atoms with van der Waals surface area (Å²) in [5, 5.41) is 8.22. The van der Waals surface area contributed by atoms with Gasteiger partial charge in [-0.25, -0.2) is 4.79 Å². The molecule has 0 radical (unpaired) electrons. The van der Waals surface area contributed by atoms with Crippen LogP contribution in [0.1, 0.15) is 6.42 Å². The number of hydrogen-bond donors (Lipinski definition) is 1. The van der Waals surface area contributed by atoms with Gasteiger partial charge in [0.05, 0.1) is 26.7 Å². The second-order valence-electron chi connectivity index (χ2n) is 2.14. The third-order valence-corrected chi connectivity index (χ3v) is 1.13. The molecule has 0 heterocycles. The number of carbonyl (C=O) groups is 2. The maximum atomic E-state index is 10.5. The van der Waals surface area contributed by atoms with Crippen molar-refractivity contribution in [3.05, 3.63) is 12.2 Å². The van der Waals surface area contributed by atoms with E-state index in [1.54, 1.807) is 0 Å². The Labute approximate surface area is 75.9 Å². The van der Waals surface area contributed by atoms with Crippen molar-refractivity contribution in [2.45, 2.75) is 6.42 Å². The molecule has 0 aliphatic heterocycles. The quantitative estimate of drug-likeness (QED) is 0.366. The number of methoxy groups -OCH3 is 1. The number of rotatable bonds is 6. The molecule has 0 unspecified atom stereocenters. The van der Waals surface area contributed by atoms with Crippen molar-refractivity contribution < 1.29 is 24.2 Å². The van der Waals surface area contributed by atoms with E-state index >= 15 is 0 Å². The fourth-order valence-corrected chi connectivity index (χ4v) is 0.523. The molecule has 0 saturated carbocycles. The van der Waals surface area contributed by atoms with Crippen LogP contribution < -0.4 is 0 Å². The van der Waals surface area contributed by atoms with Crippen molar-refractivity contribution in [1.29, 1.82) is 0 Å². The van der Waals surface area contributed by atoms with Gasteiger partial charge in [-0.1, -0.05) is 6.08 Å². The summed E-state index contributed by atoms with van der Waals surface area (Å²) in [5.41, 5.74) is 0. The standard InChI is InChI=1S/C8H12O5/c1-12-8(11)3-2-5-13-6-4-7(9)10/h2-3H,4-6H2,1H3,(H,9,10). The van der Waals surface area contributed by atoms with E-state index in [9.17, 15) is 9.59 Å². The lowest BCUT2D eigenvalue weighted by molar-refractivity contribution is -0.138. The molecule has 0 aliphatic carbocycles. The lowest BCUT2D eigenvalue weighted by Crippen LogP contribution is -2.03. The first kappa shape index (κ1) is 11.6. The van der Waals surface area contributed by atoms with E-state index in [1.165, 1.54) is 19.3 Å². The van der Waals surface area contributed by atoms with Crippen LogP contribution in [0.15, 0.2) is 12.2 Å². The minimum Gasteiger partial charge on any atom is -0.481 e. The van der Waals surface area contributed by atoms with Crippen molar-refractivity contribution in [1.82, 2.24) is 0 Å². The Morgan fingerprint density at radius 1 is 1.46 bits per heavy atom. The van der Waals surface area contributed by atoms with E-state index in [0.29, 0.717) is 0 Å². The topological polar surface area (TPSA) is 72.8 Å². The van der Waals surface area contributed by atoms with E-state index in [2.05, 4.69) is 4.74 Å². The Morgan fingerprint density at radius 2 is 2.15 bits per heavy atom. The first-order valence-corrected chi connectivity index (χ1v) is 3.71. The summed E-state index contributed by atoms with van der Waals surface area (Å²) in [6, 6.07) is 0. The zero-order valence-corrected chi connectivity index (χ0v) is 7.36. The molecule has 5 nitrogen and oxygen atoms in total. The minimum atomic E-state index is -0.906. The van der Waals surface area contributed by atoms with Gasteiger partial charge in [-0.2, -0.15) is 0 Å². The summed E-state index contributed by atoms with van der Waals surface area (Å²) >= 11 is 0. The number of carboxylic acid groups (broad SMARTS) is 1. The molecule has 0 saturated heterocycles. The summed E-state index contributed by atoms with van der Waals surface area (Å²) in [7, 11) is 1.28. The molecule has 0 amide bonds. The van der Waals surface area contributed by atoms with Crippen LogP contribution in [0.5, 0.6) is 0 Å². The molecule has 0 spiro atoms. The van der Waals surface area contributed by atoms with E-state index in [1.807, 2.05) is 0 Å². The van der Waals surface area contributed by atoms with Crippen LogP contribution in [0.3, 0.4) is 0 Å². The van der Waals surface area contributed by atoms with E-state index < -0.39 is 11.9 Å². The van der Waals surface area contributed by atoms with Gasteiger partial charge in [0.25, 0.3) is 0 Å². The molecule has 0 rings (SSSR count). The molecule has 74 valence electrons. The normalized spacial score (nSPS) is 10.2. The largest absolute Gasteiger partial charge is 0.481 e. The molecular formula is C8H12O5. The predicted octanol–water partition coefficient (Wildman–Crippen LogP) is 0.207. The highest BCUT2D eigenvalue weighted by Gasteiger charge is 1.94. The summed E-state index contributed by atoms with van der Waals surface area (Å²) < 4.78 is 9.18. The highest BCUT2D eigenvalue weighted by atomic mass is 16.5. The van der Waals surface area contributed by atoms with E-state index in [4.69, 9.17) is 9.84 Å². The zero-order valence-electron chi connectivity index (χ0n) is 7.36. The van der Waals surface area contributed by atoms with Crippen LogP contribution in [0.4, 0.5) is 0 Å². The molecule has 0 atom stereocenters. The van der Waals surface area contributed by atoms with Crippen molar-refractivity contribution in [2.75, 3.05) is 20.3 Å². The first-order valence-electron chi connectivity index (χ1n) is 3.71. The highest BCUT2D eigenvalue weighted by molar-refractivity contribution is 5.81. The van der Waals surface area contributed by atoms with Gasteiger partial charge < -0.3 is 14.6 Å². The first-order chi connectivity index (χ1) is 6.16. The average Bonchev–Trinajstić information content (AvgIpc) is 2.10. The molecule has 13 heavy (non-hydrogen) atoms. The maximum absolute atomic E-state index is 10.5. The van der Waals surface area contributed by atoms with Crippen LogP contribution >= 0.6 is 0 Å². The molecule has 0 aromatic carbocycles. The summed E-state index contributed by atoms with van der Waals surface area (Å²) in [6.07, 6.45) is 2.65. The fraction of sp³-hybridized carbons (Fsp3) is 0.500. The molecule has 0 bridgehead atoms. The van der Waals surface area contributed by atoms with Crippen molar-refractivity contribution in [2.24, 2.45) is 0 Å². The molecule has 5 heteroatoms. The van der Waals surface area contributed by atoms with Crippen LogP contribution in [-0.4, -0.2) is 37.4 Å². The van der Waals surface area contributed by atoms with Gasteiger partial charge in [-0.15, -0.1) is 0 Å². The summed E-state index contributed by atoms with van der Waals surface area (Å²) in [6.45, 7) is 0.350. The average molecular weight is 188 g/mol. The van der Waals surface area contributed by atoms with Gasteiger partial charge in [0.1, 0.15) is 0 Å². The SMILES string of the molecule is COC(=O)C=CCOCCC(=O)O. The summed E-state index contributed by atoms with van der Waals surface area (Å²) in [5.74, 6) is -1.36. The number of esters is 1. The molecule has 0 fully saturated rings. The smallest absolute Gasteiger partial charge is 0.330 e. The maximum Gasteiger partial charge on any atom is 0.330 e. The monoisotopic (exact) mass is 188 g/mol. The number of ether oxygens (including phenoxy) is 2. The van der Waals surface area contributed by atoms with Crippen LogP contribution in [0, 0.1) is 0 Å². The number of carboxylic acids is 1. The molecule has 1 N–H and O–H groups in total. The second kappa shape index (κ2) is 7.30. The van der Waals surface area contributed by atoms with Crippen LogP contribution in [-0.2, 0) is 19.1 Å². The minimum absolute atomic E-state index is 0.0357. The zero-order chi connectivity index (χ0) is 10.1. The molecule has 0 aromatic heterocycles. The van der Waals surface area contributed by atoms with E-state index in [0.717, 1.165) is 0 Å². The Bertz CT molecular complexity index is 197. The van der Waals surface area contributed by atoms with Crippen LogP contribution in [0.2, 0.25) is 0 Å². The van der Waals surface area contributed by atoms with Crippen molar-refractivity contribution in [3.63, 3.8) is 0 Å². The van der Waals surface area contributed by atoms with Gasteiger partial charge in [0.15, 0.2) is 0 Å². The third-order valence-electron chi connectivity index (χ3n) is 1.13. The lowest BCUT2D eigenvalue weighted by Gasteiger charge is -1.96. The predicted molar refractivity (Wildman–Crippen MR) is 44.2 cm³/mol. The molecule has 0 aliphatic rings. The van der Waals surface area contributed by atoms with Gasteiger partial charge in [0.2, 0.25) is 0 Å². The Morgan fingerprint density at radius 3 is 2.69 bits per heavy atom. The van der Waals surface area contributed by atoms with E-state index in [-0.39, 0.29) is 19.6 Å². The van der Waals surface area contributed by atoms with Gasteiger partial charge >= 0.3 is 11.9 Å². The Hall–Kier alpha value is -1.36. The van der Waals surface area contributed by atoms with Crippen molar-refractivity contribution >= 4 is 11.9 Å². The van der Waals surface area contributed by atoms with Crippen LogP contribution in [0.25, 0.3) is 0 Å². The summed E-state index contributed by atoms with van der Waals surface area (Å²) in [4.78, 5) is 20.5. The lowest BCUT2D eigenvalue weighted by atomic mass is 10.4. The number of hydrogen-bond acceptors (Lipinski definition) is 4. The molecular weight excluding hydrogens is 176 g/mol. The number of carbonyl (C=O) groups excluding carboxylic acids is 1. The van der Waals surface area contributed by atoms with Gasteiger partial charge in [-0.05, 0) is 0 Å².